The number of nitrogens with one attached hydrogen (secondary N) is 2. The van der Waals surface area contributed by atoms with Crippen molar-refractivity contribution in [3.63, 3.8) is 0 Å². The summed E-state index contributed by atoms with van der Waals surface area (Å²) < 4.78 is 31.9. The molecule has 0 unspecified atom stereocenters. The van der Waals surface area contributed by atoms with Gasteiger partial charge in [-0.1, -0.05) is 36.4 Å². The third kappa shape index (κ3) is 4.76. The molecule has 0 aliphatic rings. The van der Waals surface area contributed by atoms with Gasteiger partial charge >= 0.3 is 0 Å². The largest absolute Gasteiger partial charge is 0.322 e. The molecule has 8 nitrogen and oxygen atoms in total. The molecule has 1 heterocycles. The zero-order valence-corrected chi connectivity index (χ0v) is 20.7. The standard InChI is InChI=1S/C26H26N4O4S/c1-17-9-8-10-20(15-17)27-25(31)23-16-22(14-13-18(23)2)35(33,34)28-24-19(3)29(4)30(26(24)32)21-11-6-5-7-12-21/h5-16,28H,1-4H3,(H,27,31). The summed E-state index contributed by atoms with van der Waals surface area (Å²) in [5.41, 5.74) is 2.96. The molecule has 3 aromatic carbocycles. The number of carbonyl (C=O) groups excluding carboxylic acids is 1. The van der Waals surface area contributed by atoms with Crippen LogP contribution in [0.1, 0.15) is 27.2 Å². The maximum absolute atomic E-state index is 13.3. The number of aromatic nitrogens is 2. The summed E-state index contributed by atoms with van der Waals surface area (Å²) in [4.78, 5) is 25.9. The van der Waals surface area contributed by atoms with Crippen LogP contribution in [0.5, 0.6) is 0 Å². The molecule has 1 aromatic heterocycles. The Kier molecular flexibility index (Phi) is 6.36. The van der Waals surface area contributed by atoms with Crippen LogP contribution in [0.25, 0.3) is 5.69 Å². The third-order valence-electron chi connectivity index (χ3n) is 5.83. The van der Waals surface area contributed by atoms with Gasteiger partial charge in [-0.3, -0.25) is 19.0 Å². The predicted octanol–water partition coefficient (Wildman–Crippen LogP) is 4.15. The molecule has 1 amide bonds. The van der Waals surface area contributed by atoms with Crippen molar-refractivity contribution in [3.8, 4) is 5.69 Å². The fourth-order valence-corrected chi connectivity index (χ4v) is 4.96. The van der Waals surface area contributed by atoms with Crippen molar-refractivity contribution in [2.45, 2.75) is 25.7 Å². The van der Waals surface area contributed by atoms with E-state index in [-0.39, 0.29) is 16.1 Å². The molecular weight excluding hydrogens is 464 g/mol. The second kappa shape index (κ2) is 9.27. The minimum Gasteiger partial charge on any atom is -0.322 e. The summed E-state index contributed by atoms with van der Waals surface area (Å²) in [6, 6.07) is 20.6. The molecule has 180 valence electrons. The molecule has 2 N–H and O–H groups in total. The number of hydrogen-bond acceptors (Lipinski definition) is 4. The van der Waals surface area contributed by atoms with Gasteiger partial charge in [-0.2, -0.15) is 0 Å². The smallest absolute Gasteiger partial charge is 0.296 e. The molecule has 35 heavy (non-hydrogen) atoms. The van der Waals surface area contributed by atoms with E-state index in [1.54, 1.807) is 62.0 Å². The SMILES string of the molecule is Cc1cccc(NC(=O)c2cc(S(=O)(=O)Nc3c(C)n(C)n(-c4ccccc4)c3=O)ccc2C)c1. The Balaban J connectivity index is 1.68. The first-order valence-electron chi connectivity index (χ1n) is 10.9. The summed E-state index contributed by atoms with van der Waals surface area (Å²) in [7, 11) is -2.47. The van der Waals surface area contributed by atoms with Gasteiger partial charge in [-0.05, 0) is 68.3 Å². The average Bonchev–Trinajstić information content (AvgIpc) is 3.02. The lowest BCUT2D eigenvalue weighted by Crippen LogP contribution is -2.23. The maximum atomic E-state index is 13.3. The van der Waals surface area contributed by atoms with Gasteiger partial charge in [0.25, 0.3) is 21.5 Å². The molecule has 0 bridgehead atoms. The van der Waals surface area contributed by atoms with Crippen LogP contribution in [0.4, 0.5) is 11.4 Å². The molecule has 0 saturated heterocycles. The zero-order valence-electron chi connectivity index (χ0n) is 19.9. The Morgan fingerprint density at radius 2 is 1.60 bits per heavy atom. The quantitative estimate of drug-likeness (QED) is 0.424. The van der Waals surface area contributed by atoms with E-state index >= 15 is 0 Å². The molecule has 4 aromatic rings. The zero-order chi connectivity index (χ0) is 25.3. The highest BCUT2D eigenvalue weighted by Crippen LogP contribution is 2.22. The van der Waals surface area contributed by atoms with Crippen LogP contribution in [0.3, 0.4) is 0 Å². The fourth-order valence-electron chi connectivity index (χ4n) is 3.81. The van der Waals surface area contributed by atoms with Crippen molar-refractivity contribution in [1.29, 1.82) is 0 Å². The Hall–Kier alpha value is -4.11. The molecule has 0 saturated carbocycles. The lowest BCUT2D eigenvalue weighted by molar-refractivity contribution is 0.102. The van der Waals surface area contributed by atoms with Crippen LogP contribution in [0, 0.1) is 20.8 Å². The van der Waals surface area contributed by atoms with Crippen molar-refractivity contribution in [2.75, 3.05) is 10.0 Å². The number of nitrogens with zero attached hydrogens (tertiary/aromatic N) is 2. The number of para-hydroxylation sites is 1. The summed E-state index contributed by atoms with van der Waals surface area (Å²) in [5.74, 6) is -0.424. The van der Waals surface area contributed by atoms with Crippen molar-refractivity contribution < 1.29 is 13.2 Å². The van der Waals surface area contributed by atoms with Crippen molar-refractivity contribution in [3.05, 3.63) is 106 Å². The summed E-state index contributed by atoms with van der Waals surface area (Å²) in [6.45, 7) is 5.31. The number of rotatable bonds is 6. The van der Waals surface area contributed by atoms with E-state index < -0.39 is 21.5 Å². The number of benzene rings is 3. The lowest BCUT2D eigenvalue weighted by atomic mass is 10.1. The minimum atomic E-state index is -4.15. The predicted molar refractivity (Wildman–Crippen MR) is 137 cm³/mol. The molecule has 0 radical (unpaired) electrons. The Morgan fingerprint density at radius 1 is 0.886 bits per heavy atom. The first-order chi connectivity index (χ1) is 16.6. The van der Waals surface area contributed by atoms with Gasteiger partial charge in [-0.15, -0.1) is 0 Å². The van der Waals surface area contributed by atoms with Gasteiger partial charge in [0.1, 0.15) is 5.69 Å². The highest BCUT2D eigenvalue weighted by molar-refractivity contribution is 7.92. The Morgan fingerprint density at radius 3 is 2.29 bits per heavy atom. The van der Waals surface area contributed by atoms with Gasteiger partial charge in [0.05, 0.1) is 16.3 Å². The van der Waals surface area contributed by atoms with Crippen LogP contribution in [-0.4, -0.2) is 23.7 Å². The van der Waals surface area contributed by atoms with Crippen molar-refractivity contribution >= 4 is 27.3 Å². The maximum Gasteiger partial charge on any atom is 0.296 e. The van der Waals surface area contributed by atoms with E-state index in [4.69, 9.17) is 0 Å². The number of hydrogen-bond donors (Lipinski definition) is 2. The second-order valence-electron chi connectivity index (χ2n) is 8.34. The number of aryl methyl sites for hydroxylation is 2. The van der Waals surface area contributed by atoms with E-state index in [0.717, 1.165) is 5.56 Å². The first kappa shape index (κ1) is 24.0. The highest BCUT2D eigenvalue weighted by Gasteiger charge is 2.24. The number of carbonyl (C=O) groups is 1. The summed E-state index contributed by atoms with van der Waals surface area (Å²) >= 11 is 0. The van der Waals surface area contributed by atoms with Gasteiger partial charge in [0, 0.05) is 18.3 Å². The van der Waals surface area contributed by atoms with Gasteiger partial charge in [0.15, 0.2) is 0 Å². The number of anilines is 2. The number of sulfonamides is 1. The molecular formula is C26H26N4O4S. The average molecular weight is 491 g/mol. The fraction of sp³-hybridized carbons (Fsp3) is 0.154. The van der Waals surface area contributed by atoms with E-state index in [1.165, 1.54) is 16.8 Å². The van der Waals surface area contributed by atoms with Crippen molar-refractivity contribution in [2.24, 2.45) is 7.05 Å². The third-order valence-corrected chi connectivity index (χ3v) is 7.18. The molecule has 0 fully saturated rings. The van der Waals surface area contributed by atoms with Gasteiger partial charge < -0.3 is 5.32 Å². The lowest BCUT2D eigenvalue weighted by Gasteiger charge is -2.12. The molecule has 4 rings (SSSR count). The normalized spacial score (nSPS) is 11.3. The van der Waals surface area contributed by atoms with Gasteiger partial charge in [0.2, 0.25) is 0 Å². The minimum absolute atomic E-state index is 0.0531. The van der Waals surface area contributed by atoms with Crippen LogP contribution < -0.4 is 15.6 Å². The summed E-state index contributed by atoms with van der Waals surface area (Å²) in [6.07, 6.45) is 0. The monoisotopic (exact) mass is 490 g/mol. The van der Waals surface area contributed by atoms with Crippen LogP contribution in [0.2, 0.25) is 0 Å². The molecule has 0 spiro atoms. The molecule has 9 heteroatoms. The van der Waals surface area contributed by atoms with Gasteiger partial charge in [-0.25, -0.2) is 13.1 Å². The highest BCUT2D eigenvalue weighted by atomic mass is 32.2. The topological polar surface area (TPSA) is 102 Å². The summed E-state index contributed by atoms with van der Waals surface area (Å²) in [5, 5.41) is 2.80. The Labute approximate surface area is 203 Å². The molecule has 0 aliphatic carbocycles. The number of amides is 1. The molecule has 0 aliphatic heterocycles. The second-order valence-corrected chi connectivity index (χ2v) is 10.0. The van der Waals surface area contributed by atoms with Crippen LogP contribution in [-0.2, 0) is 17.1 Å². The first-order valence-corrected chi connectivity index (χ1v) is 12.4. The molecule has 0 atom stereocenters. The van der Waals surface area contributed by atoms with E-state index in [0.29, 0.717) is 22.6 Å². The van der Waals surface area contributed by atoms with Crippen LogP contribution in [0.15, 0.2) is 82.5 Å². The van der Waals surface area contributed by atoms with E-state index in [9.17, 15) is 18.0 Å². The van der Waals surface area contributed by atoms with E-state index in [2.05, 4.69) is 10.0 Å². The van der Waals surface area contributed by atoms with Crippen molar-refractivity contribution in [1.82, 2.24) is 9.36 Å². The van der Waals surface area contributed by atoms with E-state index in [1.807, 2.05) is 31.2 Å². The van der Waals surface area contributed by atoms with Crippen LogP contribution >= 0.6 is 0 Å². The Bertz CT molecular complexity index is 1590.